The average Bonchev–Trinajstić information content (AvgIpc) is 3.23. The Balaban J connectivity index is 1.76. The summed E-state index contributed by atoms with van der Waals surface area (Å²) in [5.74, 6) is 0.329. The number of hydrogen-bond donors (Lipinski definition) is 0. The first-order valence-corrected chi connectivity index (χ1v) is 8.51. The SMILES string of the molecule is Cc1nn(Cc2ccc(/C=C/C(=O)c3ccccc3[N+](=O)[O-])o2)c(C)c1[N+](=O)[O-]. The van der Waals surface area contributed by atoms with Gasteiger partial charge in [-0.1, -0.05) is 12.1 Å². The molecule has 29 heavy (non-hydrogen) atoms. The van der Waals surface area contributed by atoms with Crippen LogP contribution in [-0.2, 0) is 6.54 Å². The van der Waals surface area contributed by atoms with Crippen LogP contribution in [0.1, 0.15) is 33.3 Å². The molecule has 0 unspecified atom stereocenters. The van der Waals surface area contributed by atoms with E-state index in [4.69, 9.17) is 4.42 Å². The van der Waals surface area contributed by atoms with Crippen molar-refractivity contribution in [3.05, 3.63) is 91.2 Å². The van der Waals surface area contributed by atoms with Gasteiger partial charge in [-0.3, -0.25) is 29.7 Å². The van der Waals surface area contributed by atoms with Crippen molar-refractivity contribution in [2.75, 3.05) is 0 Å². The molecular formula is C19H16N4O6. The lowest BCUT2D eigenvalue weighted by molar-refractivity contribution is -0.386. The van der Waals surface area contributed by atoms with Crippen LogP contribution >= 0.6 is 0 Å². The first-order valence-electron chi connectivity index (χ1n) is 8.51. The maximum atomic E-state index is 12.3. The molecule has 148 valence electrons. The first-order chi connectivity index (χ1) is 13.8. The Hall–Kier alpha value is -4.08. The highest BCUT2D eigenvalue weighted by molar-refractivity contribution is 6.09. The molecule has 0 aliphatic rings. The van der Waals surface area contributed by atoms with Gasteiger partial charge < -0.3 is 4.42 Å². The zero-order chi connectivity index (χ0) is 21.1. The highest BCUT2D eigenvalue weighted by atomic mass is 16.6. The number of allylic oxidation sites excluding steroid dienone is 1. The summed E-state index contributed by atoms with van der Waals surface area (Å²) in [6.45, 7) is 3.35. The molecule has 1 aromatic carbocycles. The van der Waals surface area contributed by atoms with E-state index in [1.807, 2.05) is 0 Å². The van der Waals surface area contributed by atoms with Crippen molar-refractivity contribution in [1.29, 1.82) is 0 Å². The molecule has 0 fully saturated rings. The van der Waals surface area contributed by atoms with Crippen molar-refractivity contribution in [3.63, 3.8) is 0 Å². The number of nitro groups is 2. The molecule has 0 spiro atoms. The molecule has 0 atom stereocenters. The number of carbonyl (C=O) groups is 1. The van der Waals surface area contributed by atoms with E-state index in [9.17, 15) is 25.0 Å². The van der Waals surface area contributed by atoms with Crippen LogP contribution in [0, 0.1) is 34.1 Å². The van der Waals surface area contributed by atoms with E-state index in [1.54, 1.807) is 32.0 Å². The second-order valence-electron chi connectivity index (χ2n) is 6.21. The molecule has 10 nitrogen and oxygen atoms in total. The van der Waals surface area contributed by atoms with Crippen LogP contribution in [-0.4, -0.2) is 25.4 Å². The zero-order valence-electron chi connectivity index (χ0n) is 15.6. The minimum Gasteiger partial charge on any atom is -0.460 e. The third-order valence-corrected chi connectivity index (χ3v) is 4.28. The van der Waals surface area contributed by atoms with Gasteiger partial charge in [-0.2, -0.15) is 5.10 Å². The van der Waals surface area contributed by atoms with Crippen LogP contribution in [0.4, 0.5) is 11.4 Å². The van der Waals surface area contributed by atoms with Gasteiger partial charge in [-0.25, -0.2) is 0 Å². The van der Waals surface area contributed by atoms with Crippen molar-refractivity contribution >= 4 is 23.2 Å². The van der Waals surface area contributed by atoms with Crippen molar-refractivity contribution < 1.29 is 19.1 Å². The Bertz CT molecular complexity index is 1140. The minimum absolute atomic E-state index is 0.0181. The standard InChI is InChI=1S/C19H16N4O6/c1-12-19(23(27)28)13(2)21(20-12)11-15-8-7-14(29-15)9-10-18(24)16-5-3-4-6-17(16)22(25)26/h3-10H,11H2,1-2H3/b10-9+. The quantitative estimate of drug-likeness (QED) is 0.256. The fraction of sp³-hybridized carbons (Fsp3) is 0.158. The molecule has 0 saturated heterocycles. The van der Waals surface area contributed by atoms with Gasteiger partial charge in [0.15, 0.2) is 5.78 Å². The fourth-order valence-corrected chi connectivity index (χ4v) is 2.91. The summed E-state index contributed by atoms with van der Waals surface area (Å²) in [7, 11) is 0. The summed E-state index contributed by atoms with van der Waals surface area (Å²) in [6, 6.07) is 8.97. The number of ketones is 1. The molecule has 0 amide bonds. The normalized spacial score (nSPS) is 11.1. The molecule has 0 N–H and O–H groups in total. The Morgan fingerprint density at radius 1 is 1.14 bits per heavy atom. The second kappa shape index (κ2) is 7.89. The highest BCUT2D eigenvalue weighted by Crippen LogP contribution is 2.23. The van der Waals surface area contributed by atoms with Crippen LogP contribution in [0.25, 0.3) is 6.08 Å². The third kappa shape index (κ3) is 4.10. The molecule has 0 aliphatic carbocycles. The number of aryl methyl sites for hydroxylation is 1. The van der Waals surface area contributed by atoms with Gasteiger partial charge in [0.25, 0.3) is 5.69 Å². The highest BCUT2D eigenvalue weighted by Gasteiger charge is 2.22. The van der Waals surface area contributed by atoms with Crippen LogP contribution in [0.2, 0.25) is 0 Å². The predicted molar refractivity (Wildman–Crippen MR) is 103 cm³/mol. The number of para-hydroxylation sites is 1. The molecular weight excluding hydrogens is 380 g/mol. The molecule has 10 heteroatoms. The number of aromatic nitrogens is 2. The summed E-state index contributed by atoms with van der Waals surface area (Å²) in [5, 5.41) is 26.3. The summed E-state index contributed by atoms with van der Waals surface area (Å²) < 4.78 is 7.08. The predicted octanol–water partition coefficient (Wildman–Crippen LogP) is 3.85. The minimum atomic E-state index is -0.611. The molecule has 0 saturated carbocycles. The number of furan rings is 1. The lowest BCUT2D eigenvalue weighted by Gasteiger charge is -2.00. The smallest absolute Gasteiger partial charge is 0.312 e. The largest absolute Gasteiger partial charge is 0.460 e. The van der Waals surface area contributed by atoms with E-state index in [2.05, 4.69) is 5.10 Å². The van der Waals surface area contributed by atoms with E-state index < -0.39 is 15.6 Å². The number of rotatable bonds is 7. The van der Waals surface area contributed by atoms with E-state index >= 15 is 0 Å². The van der Waals surface area contributed by atoms with Crippen LogP contribution in [0.5, 0.6) is 0 Å². The number of benzene rings is 1. The molecule has 0 radical (unpaired) electrons. The Morgan fingerprint density at radius 2 is 1.86 bits per heavy atom. The van der Waals surface area contributed by atoms with E-state index in [-0.39, 0.29) is 23.5 Å². The maximum Gasteiger partial charge on any atom is 0.312 e. The molecule has 0 aliphatic heterocycles. The van der Waals surface area contributed by atoms with Gasteiger partial charge >= 0.3 is 5.69 Å². The van der Waals surface area contributed by atoms with E-state index in [1.165, 1.54) is 35.0 Å². The Kier molecular flexibility index (Phi) is 5.35. The second-order valence-corrected chi connectivity index (χ2v) is 6.21. The monoisotopic (exact) mass is 396 g/mol. The van der Waals surface area contributed by atoms with Crippen molar-refractivity contribution in [1.82, 2.24) is 9.78 Å². The van der Waals surface area contributed by atoms with Crippen LogP contribution in [0.3, 0.4) is 0 Å². The summed E-state index contributed by atoms with van der Waals surface area (Å²) in [4.78, 5) is 33.3. The molecule has 2 aromatic heterocycles. The van der Waals surface area contributed by atoms with Crippen LogP contribution in [0.15, 0.2) is 46.9 Å². The van der Waals surface area contributed by atoms with Gasteiger partial charge in [0.05, 0.1) is 22.0 Å². The number of nitro benzene ring substituents is 1. The number of carbonyl (C=O) groups excluding carboxylic acids is 1. The number of nitrogens with zero attached hydrogens (tertiary/aromatic N) is 4. The maximum absolute atomic E-state index is 12.3. The third-order valence-electron chi connectivity index (χ3n) is 4.28. The summed E-state index contributed by atoms with van der Waals surface area (Å²) >= 11 is 0. The lowest BCUT2D eigenvalue weighted by atomic mass is 10.1. The van der Waals surface area contributed by atoms with Gasteiger partial charge in [-0.05, 0) is 44.2 Å². The Morgan fingerprint density at radius 3 is 2.52 bits per heavy atom. The van der Waals surface area contributed by atoms with E-state index in [0.29, 0.717) is 22.9 Å². The molecule has 2 heterocycles. The van der Waals surface area contributed by atoms with Gasteiger partial charge in [-0.15, -0.1) is 0 Å². The van der Waals surface area contributed by atoms with Gasteiger partial charge in [0.2, 0.25) is 0 Å². The van der Waals surface area contributed by atoms with Crippen LogP contribution < -0.4 is 0 Å². The zero-order valence-corrected chi connectivity index (χ0v) is 15.6. The lowest BCUT2D eigenvalue weighted by Crippen LogP contribution is -2.03. The molecule has 3 aromatic rings. The Labute approximate surface area is 164 Å². The van der Waals surface area contributed by atoms with Gasteiger partial charge in [0, 0.05) is 6.07 Å². The first kappa shape index (κ1) is 19.7. The summed E-state index contributed by atoms with van der Waals surface area (Å²) in [5.41, 5.74) is 0.400. The molecule has 3 rings (SSSR count). The van der Waals surface area contributed by atoms with Crippen molar-refractivity contribution in [2.45, 2.75) is 20.4 Å². The molecule has 0 bridgehead atoms. The van der Waals surface area contributed by atoms with Crippen molar-refractivity contribution in [3.8, 4) is 0 Å². The van der Waals surface area contributed by atoms with E-state index in [0.717, 1.165) is 0 Å². The summed E-state index contributed by atoms with van der Waals surface area (Å²) in [6.07, 6.45) is 2.60. The topological polar surface area (TPSA) is 134 Å². The number of hydrogen-bond acceptors (Lipinski definition) is 7. The van der Waals surface area contributed by atoms with Crippen molar-refractivity contribution in [2.24, 2.45) is 0 Å². The van der Waals surface area contributed by atoms with Gasteiger partial charge in [0.1, 0.15) is 22.9 Å². The fourth-order valence-electron chi connectivity index (χ4n) is 2.91. The average molecular weight is 396 g/mol.